The molecule has 0 radical (unpaired) electrons. The first-order valence-corrected chi connectivity index (χ1v) is 8.31. The first-order chi connectivity index (χ1) is 9.21. The summed E-state index contributed by atoms with van der Waals surface area (Å²) in [6, 6.07) is 0. The smallest absolute Gasteiger partial charge is 0.465 e. The Balaban J connectivity index is 1.70. The number of alkyl halides is 3. The third-order valence-electron chi connectivity index (χ3n) is 4.20. The van der Waals surface area contributed by atoms with Crippen LogP contribution in [0, 0.1) is 17.8 Å². The van der Waals surface area contributed by atoms with Crippen molar-refractivity contribution < 1.29 is 31.1 Å². The van der Waals surface area contributed by atoms with E-state index in [0.29, 0.717) is 11.8 Å². The SMILES string of the molecule is O=C(OCCCS(=O)(=O)C(F)(F)F)C1CC2CCC1C2. The minimum absolute atomic E-state index is 0.145. The Kier molecular flexibility index (Phi) is 4.32. The molecule has 0 aliphatic heterocycles. The number of ether oxygens (including phenoxy) is 1. The number of hydrogen-bond donors (Lipinski definition) is 0. The normalized spacial score (nSPS) is 29.6. The molecule has 2 aliphatic rings. The van der Waals surface area contributed by atoms with Crippen LogP contribution in [0.4, 0.5) is 13.2 Å². The van der Waals surface area contributed by atoms with Gasteiger partial charge in [0, 0.05) is 0 Å². The lowest BCUT2D eigenvalue weighted by Gasteiger charge is -2.19. The molecule has 0 heterocycles. The van der Waals surface area contributed by atoms with Crippen LogP contribution in [0.25, 0.3) is 0 Å². The van der Waals surface area contributed by atoms with Gasteiger partial charge in [-0.3, -0.25) is 4.79 Å². The van der Waals surface area contributed by atoms with E-state index in [0.717, 1.165) is 25.7 Å². The fourth-order valence-electron chi connectivity index (χ4n) is 3.18. The Morgan fingerprint density at radius 3 is 2.40 bits per heavy atom. The van der Waals surface area contributed by atoms with Crippen molar-refractivity contribution >= 4 is 15.8 Å². The number of carbonyl (C=O) groups is 1. The van der Waals surface area contributed by atoms with Crippen LogP contribution in [-0.4, -0.2) is 32.3 Å². The molecule has 2 rings (SSSR count). The Hall–Kier alpha value is -0.790. The summed E-state index contributed by atoms with van der Waals surface area (Å²) >= 11 is 0. The number of sulfone groups is 1. The van der Waals surface area contributed by atoms with Crippen molar-refractivity contribution in [2.75, 3.05) is 12.4 Å². The number of esters is 1. The predicted molar refractivity (Wildman–Crippen MR) is 64.4 cm³/mol. The Morgan fingerprint density at radius 1 is 1.20 bits per heavy atom. The second kappa shape index (κ2) is 5.54. The van der Waals surface area contributed by atoms with Gasteiger partial charge in [0.15, 0.2) is 0 Å². The number of halogens is 3. The largest absolute Gasteiger partial charge is 0.497 e. The molecule has 2 aliphatic carbocycles. The molecule has 116 valence electrons. The van der Waals surface area contributed by atoms with Crippen LogP contribution in [0.1, 0.15) is 32.1 Å². The van der Waals surface area contributed by atoms with Gasteiger partial charge >= 0.3 is 11.5 Å². The standard InChI is InChI=1S/C12H17F3O4S/c13-12(14,15)20(17,18)5-1-4-19-11(16)10-7-8-2-3-9(10)6-8/h8-10H,1-7H2. The van der Waals surface area contributed by atoms with E-state index >= 15 is 0 Å². The van der Waals surface area contributed by atoms with E-state index in [1.807, 2.05) is 0 Å². The third kappa shape index (κ3) is 3.27. The van der Waals surface area contributed by atoms with Crippen LogP contribution in [-0.2, 0) is 19.4 Å². The molecular weight excluding hydrogens is 297 g/mol. The molecular formula is C12H17F3O4S. The van der Waals surface area contributed by atoms with E-state index in [2.05, 4.69) is 0 Å². The monoisotopic (exact) mass is 314 g/mol. The van der Waals surface area contributed by atoms with Crippen molar-refractivity contribution in [1.29, 1.82) is 0 Å². The van der Waals surface area contributed by atoms with Crippen LogP contribution in [0.5, 0.6) is 0 Å². The highest BCUT2D eigenvalue weighted by Crippen LogP contribution is 2.48. The topological polar surface area (TPSA) is 60.4 Å². The predicted octanol–water partition coefficient (Wildman–Crippen LogP) is 2.29. The molecule has 0 spiro atoms. The average Bonchev–Trinajstić information content (AvgIpc) is 2.95. The summed E-state index contributed by atoms with van der Waals surface area (Å²) in [5.74, 6) is -0.662. The van der Waals surface area contributed by atoms with Crippen molar-refractivity contribution in [3.8, 4) is 0 Å². The van der Waals surface area contributed by atoms with E-state index in [1.54, 1.807) is 0 Å². The summed E-state index contributed by atoms with van der Waals surface area (Å²) in [7, 11) is -5.11. The lowest BCUT2D eigenvalue weighted by atomic mass is 9.89. The van der Waals surface area contributed by atoms with Crippen LogP contribution in [0.15, 0.2) is 0 Å². The van der Waals surface area contributed by atoms with Crippen molar-refractivity contribution in [3.63, 3.8) is 0 Å². The fourth-order valence-corrected chi connectivity index (χ4v) is 3.91. The molecule has 3 unspecified atom stereocenters. The Bertz CT molecular complexity index is 472. The van der Waals surface area contributed by atoms with Gasteiger partial charge in [-0.15, -0.1) is 0 Å². The molecule has 4 nitrogen and oxygen atoms in total. The van der Waals surface area contributed by atoms with Gasteiger partial charge in [-0.1, -0.05) is 6.42 Å². The quantitative estimate of drug-likeness (QED) is 0.577. The lowest BCUT2D eigenvalue weighted by Crippen LogP contribution is -2.28. The molecule has 3 atom stereocenters. The Morgan fingerprint density at radius 2 is 1.90 bits per heavy atom. The molecule has 0 aromatic carbocycles. The van der Waals surface area contributed by atoms with E-state index < -0.39 is 21.1 Å². The molecule has 0 N–H and O–H groups in total. The summed E-state index contributed by atoms with van der Waals surface area (Å²) < 4.78 is 62.7. The van der Waals surface area contributed by atoms with Crippen LogP contribution in [0.2, 0.25) is 0 Å². The van der Waals surface area contributed by atoms with Gasteiger partial charge in [0.05, 0.1) is 18.3 Å². The average molecular weight is 314 g/mol. The maximum Gasteiger partial charge on any atom is 0.497 e. The number of hydrogen-bond acceptors (Lipinski definition) is 4. The number of rotatable bonds is 5. The highest BCUT2D eigenvalue weighted by atomic mass is 32.2. The van der Waals surface area contributed by atoms with Gasteiger partial charge < -0.3 is 4.74 Å². The number of fused-ring (bicyclic) bond motifs is 2. The summed E-state index contributed by atoms with van der Waals surface area (Å²) in [6.07, 6.45) is 3.64. The van der Waals surface area contributed by atoms with Crippen molar-refractivity contribution in [2.24, 2.45) is 17.8 Å². The van der Waals surface area contributed by atoms with E-state index in [1.165, 1.54) is 0 Å². The summed E-state index contributed by atoms with van der Waals surface area (Å²) in [5, 5.41) is 0. The number of carbonyl (C=O) groups excluding carboxylic acids is 1. The molecule has 0 saturated heterocycles. The van der Waals surface area contributed by atoms with Crippen LogP contribution < -0.4 is 0 Å². The van der Waals surface area contributed by atoms with Gasteiger partial charge in [0.25, 0.3) is 0 Å². The Labute approximate surface area is 115 Å². The molecule has 0 aromatic rings. The maximum atomic E-state index is 12.1. The van der Waals surface area contributed by atoms with Crippen LogP contribution in [0.3, 0.4) is 0 Å². The van der Waals surface area contributed by atoms with Crippen molar-refractivity contribution in [1.82, 2.24) is 0 Å². The van der Waals surface area contributed by atoms with E-state index in [-0.39, 0.29) is 24.9 Å². The summed E-state index contributed by atoms with van der Waals surface area (Å²) in [6.45, 7) is -0.276. The third-order valence-corrected chi connectivity index (χ3v) is 5.73. The maximum absolute atomic E-state index is 12.1. The summed E-state index contributed by atoms with van der Waals surface area (Å²) in [5.41, 5.74) is -5.23. The summed E-state index contributed by atoms with van der Waals surface area (Å²) in [4.78, 5) is 11.8. The highest BCUT2D eigenvalue weighted by molar-refractivity contribution is 7.92. The fraction of sp³-hybridized carbons (Fsp3) is 0.917. The van der Waals surface area contributed by atoms with E-state index in [9.17, 15) is 26.4 Å². The van der Waals surface area contributed by atoms with Crippen molar-refractivity contribution in [2.45, 2.75) is 37.6 Å². The lowest BCUT2D eigenvalue weighted by molar-refractivity contribution is -0.150. The molecule has 2 fully saturated rings. The zero-order valence-electron chi connectivity index (χ0n) is 10.9. The molecule has 8 heteroatoms. The van der Waals surface area contributed by atoms with Gasteiger partial charge in [-0.2, -0.15) is 13.2 Å². The van der Waals surface area contributed by atoms with Crippen molar-refractivity contribution in [3.05, 3.63) is 0 Å². The first kappa shape index (κ1) is 15.6. The van der Waals surface area contributed by atoms with E-state index in [4.69, 9.17) is 4.74 Å². The van der Waals surface area contributed by atoms with Gasteiger partial charge in [0.2, 0.25) is 9.84 Å². The van der Waals surface area contributed by atoms with Gasteiger partial charge in [-0.05, 0) is 37.5 Å². The second-order valence-corrected chi connectivity index (χ2v) is 7.67. The zero-order valence-corrected chi connectivity index (χ0v) is 11.7. The molecule has 2 bridgehead atoms. The molecule has 0 amide bonds. The zero-order chi connectivity index (χ0) is 15.0. The molecule has 2 saturated carbocycles. The highest BCUT2D eigenvalue weighted by Gasteiger charge is 2.45. The first-order valence-electron chi connectivity index (χ1n) is 6.66. The van der Waals surface area contributed by atoms with Gasteiger partial charge in [0.1, 0.15) is 0 Å². The minimum Gasteiger partial charge on any atom is -0.465 e. The van der Waals surface area contributed by atoms with Gasteiger partial charge in [-0.25, -0.2) is 8.42 Å². The second-order valence-electron chi connectivity index (χ2n) is 5.57. The van der Waals surface area contributed by atoms with Crippen LogP contribution >= 0.6 is 0 Å². The minimum atomic E-state index is -5.23. The molecule has 20 heavy (non-hydrogen) atoms. The molecule has 0 aromatic heterocycles.